The molecule has 0 N–H and O–H groups in total. The summed E-state index contributed by atoms with van der Waals surface area (Å²) in [7, 11) is 0. The Labute approximate surface area is 74.6 Å². The summed E-state index contributed by atoms with van der Waals surface area (Å²) in [4.78, 5) is 0. The highest BCUT2D eigenvalue weighted by molar-refractivity contribution is 5.14. The second-order valence-electron chi connectivity index (χ2n) is 3.07. The topological polar surface area (TPSA) is 0 Å². The predicted octanol–water partition coefficient (Wildman–Crippen LogP) is 2.85. The molecule has 0 aliphatic carbocycles. The Morgan fingerprint density at radius 2 is 2.00 bits per heavy atom. The number of rotatable bonds is 3. The smallest absolute Gasteiger partial charge is 0.0187 e. The molecule has 12 heavy (non-hydrogen) atoms. The van der Waals surface area contributed by atoms with Crippen molar-refractivity contribution in [3.05, 3.63) is 42.3 Å². The van der Waals surface area contributed by atoms with Crippen LogP contribution in [0.4, 0.5) is 0 Å². The predicted molar refractivity (Wildman–Crippen MR) is 51.1 cm³/mol. The van der Waals surface area contributed by atoms with Crippen molar-refractivity contribution in [1.82, 2.24) is 0 Å². The molecule has 1 rings (SSSR count). The molecule has 0 heteroatoms. The molecule has 0 spiro atoms. The Kier molecular flexibility index (Phi) is 3.41. The van der Waals surface area contributed by atoms with Crippen molar-refractivity contribution < 1.29 is 0 Å². The zero-order chi connectivity index (χ0) is 8.81. The van der Waals surface area contributed by atoms with Gasteiger partial charge in [0.2, 0.25) is 0 Å². The fourth-order valence-corrected chi connectivity index (χ4v) is 1.10. The maximum Gasteiger partial charge on any atom is 0.0187 e. The molecule has 0 aliphatic heterocycles. The quantitative estimate of drug-likeness (QED) is 0.592. The Bertz CT molecular complexity index is 253. The molecule has 1 aromatic rings. The lowest BCUT2D eigenvalue weighted by molar-refractivity contribution is 0.668. The van der Waals surface area contributed by atoms with E-state index in [0.29, 0.717) is 0 Å². The van der Waals surface area contributed by atoms with Crippen molar-refractivity contribution in [3.8, 4) is 5.92 Å². The van der Waals surface area contributed by atoms with Crippen molar-refractivity contribution in [2.75, 3.05) is 0 Å². The normalized spacial score (nSPS) is 12.0. The molecule has 0 aromatic heterocycles. The molecule has 1 atom stereocenters. The Morgan fingerprint density at radius 3 is 2.58 bits per heavy atom. The third kappa shape index (κ3) is 2.80. The van der Waals surface area contributed by atoms with E-state index in [-0.39, 0.29) is 5.92 Å². The van der Waals surface area contributed by atoms with Gasteiger partial charge in [-0.05, 0) is 24.8 Å². The molecule has 0 amide bonds. The molecule has 0 saturated carbocycles. The van der Waals surface area contributed by atoms with Crippen LogP contribution >= 0.6 is 0 Å². The van der Waals surface area contributed by atoms with Gasteiger partial charge in [0.25, 0.3) is 0 Å². The van der Waals surface area contributed by atoms with Crippen molar-refractivity contribution >= 4 is 0 Å². The highest BCUT2D eigenvalue weighted by Gasteiger charge is 1.97. The largest absolute Gasteiger partial charge is 0.0860 e. The lowest BCUT2D eigenvalue weighted by Gasteiger charge is -2.02. The minimum atomic E-state index is 0.283. The van der Waals surface area contributed by atoms with Gasteiger partial charge in [-0.1, -0.05) is 43.2 Å². The SMILES string of the molecule is [C]#CC(C)CCc1ccccc1. The molecule has 1 unspecified atom stereocenters. The maximum absolute atomic E-state index is 6.92. The van der Waals surface area contributed by atoms with Crippen LogP contribution in [0.2, 0.25) is 0 Å². The highest BCUT2D eigenvalue weighted by atomic mass is 14.0. The summed E-state index contributed by atoms with van der Waals surface area (Å²) in [5.74, 6) is 2.77. The molecular weight excluding hydrogens is 144 g/mol. The molecule has 61 valence electrons. The first-order valence-corrected chi connectivity index (χ1v) is 4.29. The molecule has 0 nitrogen and oxygen atoms in total. The third-order valence-electron chi connectivity index (χ3n) is 1.96. The van der Waals surface area contributed by atoms with Crippen molar-refractivity contribution in [1.29, 1.82) is 0 Å². The molecule has 0 heterocycles. The van der Waals surface area contributed by atoms with Crippen LogP contribution in [-0.4, -0.2) is 0 Å². The second kappa shape index (κ2) is 4.62. The molecular formula is C12H13. The molecule has 1 aromatic carbocycles. The Hall–Kier alpha value is -1.22. The Morgan fingerprint density at radius 1 is 1.33 bits per heavy atom. The molecule has 0 bridgehead atoms. The zero-order valence-corrected chi connectivity index (χ0v) is 7.38. The minimum absolute atomic E-state index is 0.283. The summed E-state index contributed by atoms with van der Waals surface area (Å²) in [5, 5.41) is 0. The van der Waals surface area contributed by atoms with Gasteiger partial charge in [0, 0.05) is 5.92 Å². The van der Waals surface area contributed by atoms with E-state index in [9.17, 15) is 0 Å². The van der Waals surface area contributed by atoms with Crippen LogP contribution < -0.4 is 0 Å². The Balaban J connectivity index is 2.40. The molecule has 0 aliphatic rings. The van der Waals surface area contributed by atoms with Crippen LogP contribution in [0, 0.1) is 18.3 Å². The number of benzene rings is 1. The van der Waals surface area contributed by atoms with Crippen LogP contribution in [0.1, 0.15) is 18.9 Å². The lowest BCUT2D eigenvalue weighted by atomic mass is 10.0. The third-order valence-corrected chi connectivity index (χ3v) is 1.96. The second-order valence-corrected chi connectivity index (χ2v) is 3.07. The van der Waals surface area contributed by atoms with Crippen LogP contribution in [0.3, 0.4) is 0 Å². The van der Waals surface area contributed by atoms with Crippen molar-refractivity contribution in [2.24, 2.45) is 5.92 Å². The lowest BCUT2D eigenvalue weighted by Crippen LogP contribution is -1.93. The summed E-state index contributed by atoms with van der Waals surface area (Å²) in [6.45, 7) is 2.02. The monoisotopic (exact) mass is 157 g/mol. The molecule has 0 fully saturated rings. The number of aryl methyl sites for hydroxylation is 1. The average Bonchev–Trinajstić information content (AvgIpc) is 2.16. The molecule has 1 radical (unpaired) electrons. The van der Waals surface area contributed by atoms with Gasteiger partial charge in [0.05, 0.1) is 0 Å². The minimum Gasteiger partial charge on any atom is -0.0860 e. The number of hydrogen-bond acceptors (Lipinski definition) is 0. The standard InChI is InChI=1S/C12H13/c1-3-11(2)9-10-12-7-5-4-6-8-12/h4-8,11H,9-10H2,2H3. The van der Waals surface area contributed by atoms with Crippen LogP contribution in [0.5, 0.6) is 0 Å². The van der Waals surface area contributed by atoms with Gasteiger partial charge in [-0.3, -0.25) is 0 Å². The first-order chi connectivity index (χ1) is 5.83. The summed E-state index contributed by atoms with van der Waals surface area (Å²) in [6.07, 6.45) is 9.00. The van der Waals surface area contributed by atoms with Crippen LogP contribution in [0.15, 0.2) is 30.3 Å². The van der Waals surface area contributed by atoms with E-state index >= 15 is 0 Å². The van der Waals surface area contributed by atoms with Gasteiger partial charge in [0.1, 0.15) is 0 Å². The average molecular weight is 157 g/mol. The van der Waals surface area contributed by atoms with Gasteiger partial charge in [-0.15, -0.1) is 0 Å². The summed E-state index contributed by atoms with van der Waals surface area (Å²) in [6, 6.07) is 10.4. The molecule has 0 saturated heterocycles. The van der Waals surface area contributed by atoms with Crippen molar-refractivity contribution in [2.45, 2.75) is 19.8 Å². The van der Waals surface area contributed by atoms with Gasteiger partial charge in [0.15, 0.2) is 0 Å². The summed E-state index contributed by atoms with van der Waals surface area (Å²) >= 11 is 0. The van der Waals surface area contributed by atoms with E-state index in [4.69, 9.17) is 6.42 Å². The first kappa shape index (κ1) is 8.87. The summed E-state index contributed by atoms with van der Waals surface area (Å²) in [5.41, 5.74) is 1.35. The maximum atomic E-state index is 6.92. The van der Waals surface area contributed by atoms with Gasteiger partial charge in [-0.2, -0.15) is 0 Å². The van der Waals surface area contributed by atoms with Gasteiger partial charge >= 0.3 is 0 Å². The fraction of sp³-hybridized carbons (Fsp3) is 0.333. The zero-order valence-electron chi connectivity index (χ0n) is 7.38. The van der Waals surface area contributed by atoms with E-state index in [0.717, 1.165) is 12.8 Å². The number of hydrogen-bond donors (Lipinski definition) is 0. The first-order valence-electron chi connectivity index (χ1n) is 4.29. The van der Waals surface area contributed by atoms with Gasteiger partial charge in [-0.25, -0.2) is 0 Å². The fourth-order valence-electron chi connectivity index (χ4n) is 1.10. The van der Waals surface area contributed by atoms with Gasteiger partial charge < -0.3 is 0 Å². The highest BCUT2D eigenvalue weighted by Crippen LogP contribution is 2.07. The van der Waals surface area contributed by atoms with E-state index in [1.807, 2.05) is 25.1 Å². The van der Waals surface area contributed by atoms with E-state index < -0.39 is 0 Å². The summed E-state index contributed by atoms with van der Waals surface area (Å²) < 4.78 is 0. The van der Waals surface area contributed by atoms with Crippen molar-refractivity contribution in [3.63, 3.8) is 0 Å². The van der Waals surface area contributed by atoms with E-state index in [1.54, 1.807) is 0 Å². The van der Waals surface area contributed by atoms with Crippen LogP contribution in [-0.2, 0) is 6.42 Å². The van der Waals surface area contributed by atoms with Crippen LogP contribution in [0.25, 0.3) is 0 Å². The van der Waals surface area contributed by atoms with E-state index in [2.05, 4.69) is 18.1 Å². The van der Waals surface area contributed by atoms with E-state index in [1.165, 1.54) is 5.56 Å².